The summed E-state index contributed by atoms with van der Waals surface area (Å²) >= 11 is 1.47. The van der Waals surface area contributed by atoms with E-state index in [-0.39, 0.29) is 17.1 Å². The Balaban J connectivity index is 1.58. The number of carbonyl (C=O) groups excluding carboxylic acids is 2. The number of para-hydroxylation sites is 2. The number of thioether (sulfide) groups is 1. The van der Waals surface area contributed by atoms with Crippen molar-refractivity contribution >= 4 is 35.0 Å². The third kappa shape index (κ3) is 2.88. The van der Waals surface area contributed by atoms with Gasteiger partial charge in [-0.3, -0.25) is 24.3 Å². The van der Waals surface area contributed by atoms with Crippen LogP contribution in [0.25, 0.3) is 0 Å². The van der Waals surface area contributed by atoms with Crippen molar-refractivity contribution in [3.05, 3.63) is 60.2 Å². The summed E-state index contributed by atoms with van der Waals surface area (Å²) in [4.78, 5) is 32.3. The molecule has 2 amide bonds. The SMILES string of the molecule is CC1CCN(CN2C(=O)C3(SC(C)C(=O)N3c3ccccc3)c3ccccc32)CC1. The van der Waals surface area contributed by atoms with Gasteiger partial charge in [-0.05, 0) is 43.9 Å². The van der Waals surface area contributed by atoms with E-state index in [1.807, 2.05) is 66.4 Å². The molecule has 0 bridgehead atoms. The van der Waals surface area contributed by atoms with Gasteiger partial charge >= 0.3 is 0 Å². The fourth-order valence-corrected chi connectivity index (χ4v) is 6.39. The first-order valence-electron chi connectivity index (χ1n) is 10.7. The van der Waals surface area contributed by atoms with E-state index in [2.05, 4.69) is 11.8 Å². The van der Waals surface area contributed by atoms with Crippen molar-refractivity contribution in [2.75, 3.05) is 29.6 Å². The van der Waals surface area contributed by atoms with Gasteiger partial charge in [-0.15, -0.1) is 11.8 Å². The highest BCUT2D eigenvalue weighted by atomic mass is 32.2. The van der Waals surface area contributed by atoms with Crippen LogP contribution in [0.15, 0.2) is 54.6 Å². The molecule has 30 heavy (non-hydrogen) atoms. The average molecular weight is 422 g/mol. The molecule has 3 aliphatic heterocycles. The summed E-state index contributed by atoms with van der Waals surface area (Å²) in [6.07, 6.45) is 2.32. The van der Waals surface area contributed by atoms with Crippen LogP contribution in [0, 0.1) is 5.92 Å². The second-order valence-electron chi connectivity index (χ2n) is 8.61. The van der Waals surface area contributed by atoms with Crippen LogP contribution in [0.4, 0.5) is 11.4 Å². The lowest BCUT2D eigenvalue weighted by atomic mass is 10.00. The number of benzene rings is 2. The van der Waals surface area contributed by atoms with Gasteiger partial charge in [0.25, 0.3) is 5.91 Å². The minimum absolute atomic E-state index is 0.00567. The van der Waals surface area contributed by atoms with Crippen molar-refractivity contribution < 1.29 is 9.59 Å². The molecule has 2 aromatic carbocycles. The number of piperidine rings is 1. The Morgan fingerprint density at radius 1 is 0.967 bits per heavy atom. The lowest BCUT2D eigenvalue weighted by Gasteiger charge is -2.35. The molecule has 0 aromatic heterocycles. The summed E-state index contributed by atoms with van der Waals surface area (Å²) in [6.45, 7) is 6.79. The van der Waals surface area contributed by atoms with Gasteiger partial charge in [0, 0.05) is 24.3 Å². The Hall–Kier alpha value is -2.31. The van der Waals surface area contributed by atoms with E-state index >= 15 is 0 Å². The number of fused-ring (bicyclic) bond motifs is 2. The molecular weight excluding hydrogens is 394 g/mol. The number of amides is 2. The second kappa shape index (κ2) is 7.43. The van der Waals surface area contributed by atoms with Gasteiger partial charge in [0.2, 0.25) is 10.8 Å². The van der Waals surface area contributed by atoms with Gasteiger partial charge in [-0.2, -0.15) is 0 Å². The van der Waals surface area contributed by atoms with Gasteiger partial charge in [0.1, 0.15) is 0 Å². The number of carbonyl (C=O) groups is 2. The van der Waals surface area contributed by atoms with E-state index < -0.39 is 4.87 Å². The molecule has 1 spiro atoms. The van der Waals surface area contributed by atoms with Crippen LogP contribution in [0.5, 0.6) is 0 Å². The van der Waals surface area contributed by atoms with Crippen molar-refractivity contribution in [3.8, 4) is 0 Å². The number of hydrogen-bond acceptors (Lipinski definition) is 4. The van der Waals surface area contributed by atoms with E-state index in [0.717, 1.165) is 48.8 Å². The van der Waals surface area contributed by atoms with Crippen molar-refractivity contribution in [2.24, 2.45) is 5.92 Å². The molecule has 6 heteroatoms. The molecule has 0 aliphatic carbocycles. The molecule has 2 atom stereocenters. The minimum atomic E-state index is -1.03. The maximum absolute atomic E-state index is 14.1. The summed E-state index contributed by atoms with van der Waals surface area (Å²) in [6, 6.07) is 17.6. The van der Waals surface area contributed by atoms with Crippen LogP contribution in [-0.2, 0) is 14.5 Å². The Morgan fingerprint density at radius 2 is 1.63 bits per heavy atom. The van der Waals surface area contributed by atoms with E-state index in [1.165, 1.54) is 11.8 Å². The van der Waals surface area contributed by atoms with E-state index in [1.54, 1.807) is 4.90 Å². The lowest BCUT2D eigenvalue weighted by Crippen LogP contribution is -2.52. The van der Waals surface area contributed by atoms with Crippen LogP contribution in [0.1, 0.15) is 32.3 Å². The summed E-state index contributed by atoms with van der Waals surface area (Å²) in [7, 11) is 0. The predicted molar refractivity (Wildman–Crippen MR) is 121 cm³/mol. The summed E-state index contributed by atoms with van der Waals surface area (Å²) < 4.78 is 0. The maximum atomic E-state index is 14.1. The summed E-state index contributed by atoms with van der Waals surface area (Å²) in [5.41, 5.74) is 2.62. The number of rotatable bonds is 3. The molecule has 3 heterocycles. The van der Waals surface area contributed by atoms with Crippen molar-refractivity contribution in [3.63, 3.8) is 0 Å². The summed E-state index contributed by atoms with van der Waals surface area (Å²) in [5.74, 6) is 0.725. The number of anilines is 2. The summed E-state index contributed by atoms with van der Waals surface area (Å²) in [5, 5.41) is -0.280. The highest BCUT2D eigenvalue weighted by Gasteiger charge is 2.63. The Kier molecular flexibility index (Phi) is 4.86. The molecule has 0 N–H and O–H groups in total. The van der Waals surface area contributed by atoms with Crippen molar-refractivity contribution in [2.45, 2.75) is 36.8 Å². The molecule has 2 saturated heterocycles. The minimum Gasteiger partial charge on any atom is -0.295 e. The Bertz CT molecular complexity index is 973. The zero-order valence-corrected chi connectivity index (χ0v) is 18.3. The maximum Gasteiger partial charge on any atom is 0.269 e. The van der Waals surface area contributed by atoms with E-state index in [9.17, 15) is 9.59 Å². The topological polar surface area (TPSA) is 43.9 Å². The van der Waals surface area contributed by atoms with Crippen LogP contribution in [-0.4, -0.2) is 41.7 Å². The zero-order chi connectivity index (χ0) is 20.9. The quantitative estimate of drug-likeness (QED) is 0.750. The average Bonchev–Trinajstić information content (AvgIpc) is 3.16. The standard InChI is InChI=1S/C24H27N3O2S/c1-17-12-14-25(15-13-17)16-26-21-11-7-6-10-20(21)24(23(26)29)27(22(28)18(2)30-24)19-8-4-3-5-9-19/h3-11,17-18H,12-16H2,1-2H3. The Labute approximate surface area is 182 Å². The second-order valence-corrected chi connectivity index (χ2v) is 10.1. The molecule has 156 valence electrons. The monoisotopic (exact) mass is 421 g/mol. The highest BCUT2D eigenvalue weighted by Crippen LogP contribution is 2.57. The van der Waals surface area contributed by atoms with Crippen molar-refractivity contribution in [1.29, 1.82) is 0 Å². The lowest BCUT2D eigenvalue weighted by molar-refractivity contribution is -0.124. The predicted octanol–water partition coefficient (Wildman–Crippen LogP) is 4.04. The molecule has 5 nitrogen and oxygen atoms in total. The molecular formula is C24H27N3O2S. The van der Waals surface area contributed by atoms with Crippen LogP contribution >= 0.6 is 11.8 Å². The Morgan fingerprint density at radius 3 is 2.37 bits per heavy atom. The van der Waals surface area contributed by atoms with Crippen LogP contribution in [0.2, 0.25) is 0 Å². The number of nitrogens with zero attached hydrogens (tertiary/aromatic N) is 3. The third-order valence-electron chi connectivity index (χ3n) is 6.56. The van der Waals surface area contributed by atoms with Crippen LogP contribution < -0.4 is 9.80 Å². The van der Waals surface area contributed by atoms with Gasteiger partial charge < -0.3 is 0 Å². The van der Waals surface area contributed by atoms with Crippen molar-refractivity contribution in [1.82, 2.24) is 4.90 Å². The smallest absolute Gasteiger partial charge is 0.269 e. The zero-order valence-electron chi connectivity index (χ0n) is 17.5. The molecule has 2 fully saturated rings. The number of hydrogen-bond donors (Lipinski definition) is 0. The molecule has 3 aliphatic rings. The van der Waals surface area contributed by atoms with Gasteiger partial charge in [0.15, 0.2) is 0 Å². The van der Waals surface area contributed by atoms with E-state index in [0.29, 0.717) is 6.67 Å². The molecule has 0 saturated carbocycles. The van der Waals surface area contributed by atoms with Gasteiger partial charge in [-0.25, -0.2) is 0 Å². The number of likely N-dealkylation sites (tertiary alicyclic amines) is 1. The van der Waals surface area contributed by atoms with Gasteiger partial charge in [-0.1, -0.05) is 43.3 Å². The molecule has 5 rings (SSSR count). The first kappa shape index (κ1) is 19.6. The molecule has 0 radical (unpaired) electrons. The fraction of sp³-hybridized carbons (Fsp3) is 0.417. The molecule has 2 unspecified atom stereocenters. The highest BCUT2D eigenvalue weighted by molar-refractivity contribution is 8.03. The van der Waals surface area contributed by atoms with E-state index in [4.69, 9.17) is 0 Å². The fourth-order valence-electron chi connectivity index (χ4n) is 4.86. The van der Waals surface area contributed by atoms with Crippen LogP contribution in [0.3, 0.4) is 0 Å². The third-order valence-corrected chi connectivity index (χ3v) is 8.03. The first-order chi connectivity index (χ1) is 14.5. The normalized spacial score (nSPS) is 27.3. The largest absolute Gasteiger partial charge is 0.295 e. The molecule has 2 aromatic rings. The first-order valence-corrected chi connectivity index (χ1v) is 11.6. The van der Waals surface area contributed by atoms with Gasteiger partial charge in [0.05, 0.1) is 17.6 Å².